The number of amides is 2. The van der Waals surface area contributed by atoms with Gasteiger partial charge in [-0.3, -0.25) is 14.5 Å². The van der Waals surface area contributed by atoms with Crippen LogP contribution in [0.4, 0.5) is 0 Å². The van der Waals surface area contributed by atoms with Crippen molar-refractivity contribution in [3.63, 3.8) is 0 Å². The number of carbonyl (C=O) groups is 2. The quantitative estimate of drug-likeness (QED) is 0.593. The molecule has 1 spiro atoms. The van der Waals surface area contributed by atoms with Gasteiger partial charge in [-0.2, -0.15) is 0 Å². The molecule has 17 heavy (non-hydrogen) atoms. The zero-order chi connectivity index (χ0) is 12.3. The number of nitrogens with one attached hydrogen (secondary N) is 1. The highest BCUT2D eigenvalue weighted by Gasteiger charge is 2.44. The summed E-state index contributed by atoms with van der Waals surface area (Å²) in [5.74, 6) is 0.0853. The summed E-state index contributed by atoms with van der Waals surface area (Å²) in [5, 5.41) is 3.15. The molecule has 4 heteroatoms. The second-order valence-corrected chi connectivity index (χ2v) is 5.35. The first kappa shape index (κ1) is 12.6. The molecular weight excluding hydrogens is 216 g/mol. The molecule has 0 aromatic carbocycles. The maximum Gasteiger partial charge on any atom is 0.229 e. The Kier molecular flexibility index (Phi) is 3.82. The van der Waals surface area contributed by atoms with E-state index >= 15 is 0 Å². The number of rotatable bonds is 4. The van der Waals surface area contributed by atoms with Crippen molar-refractivity contribution < 1.29 is 9.59 Å². The largest absolute Gasteiger partial charge is 0.315 e. The first-order chi connectivity index (χ1) is 8.17. The summed E-state index contributed by atoms with van der Waals surface area (Å²) in [4.78, 5) is 25.5. The fraction of sp³-hybridized carbons (Fsp3) is 0.846. The molecule has 1 aliphatic heterocycles. The number of likely N-dealkylation sites (tertiary alicyclic amines) is 1. The zero-order valence-corrected chi connectivity index (χ0v) is 10.6. The summed E-state index contributed by atoms with van der Waals surface area (Å²) < 4.78 is 0. The van der Waals surface area contributed by atoms with Gasteiger partial charge in [-0.05, 0) is 24.8 Å². The van der Waals surface area contributed by atoms with Crippen LogP contribution in [0, 0.1) is 5.41 Å². The molecule has 2 rings (SSSR count). The zero-order valence-electron chi connectivity index (χ0n) is 10.6. The van der Waals surface area contributed by atoms with Crippen LogP contribution in [-0.4, -0.2) is 36.3 Å². The van der Waals surface area contributed by atoms with Crippen LogP contribution in [0.1, 0.15) is 45.4 Å². The molecule has 2 aliphatic rings. The van der Waals surface area contributed by atoms with Gasteiger partial charge in [0.15, 0.2) is 0 Å². The lowest BCUT2D eigenvalue weighted by atomic mass is 9.76. The lowest BCUT2D eigenvalue weighted by molar-refractivity contribution is -0.153. The summed E-state index contributed by atoms with van der Waals surface area (Å²) in [6.07, 6.45) is 5.66. The number of piperidine rings is 1. The number of imide groups is 1. The molecule has 1 heterocycles. The first-order valence-corrected chi connectivity index (χ1v) is 6.71. The Bertz CT molecular complexity index is 289. The predicted octanol–water partition coefficient (Wildman–Crippen LogP) is 1.31. The monoisotopic (exact) mass is 238 g/mol. The molecule has 0 unspecified atom stereocenters. The average molecular weight is 238 g/mol. The number of likely N-dealkylation sites (N-methyl/N-ethyl adjacent to an activating group) is 1. The molecule has 1 aliphatic carbocycles. The van der Waals surface area contributed by atoms with E-state index in [0.717, 1.165) is 19.4 Å². The van der Waals surface area contributed by atoms with Crippen LogP contribution in [0.25, 0.3) is 0 Å². The van der Waals surface area contributed by atoms with E-state index in [2.05, 4.69) is 5.32 Å². The van der Waals surface area contributed by atoms with Crippen molar-refractivity contribution in [2.45, 2.75) is 45.4 Å². The molecule has 2 fully saturated rings. The lowest BCUT2D eigenvalue weighted by Crippen LogP contribution is -2.49. The Morgan fingerprint density at radius 1 is 1.18 bits per heavy atom. The molecule has 0 aromatic heterocycles. The molecule has 1 N–H and O–H groups in total. The Morgan fingerprint density at radius 2 is 1.76 bits per heavy atom. The van der Waals surface area contributed by atoms with E-state index in [1.807, 2.05) is 6.92 Å². The third-order valence-corrected chi connectivity index (χ3v) is 4.08. The minimum Gasteiger partial charge on any atom is -0.315 e. The van der Waals surface area contributed by atoms with Gasteiger partial charge in [0.2, 0.25) is 11.8 Å². The molecule has 1 saturated heterocycles. The summed E-state index contributed by atoms with van der Waals surface area (Å²) in [6, 6.07) is 0. The predicted molar refractivity (Wildman–Crippen MR) is 65.4 cm³/mol. The third-order valence-electron chi connectivity index (χ3n) is 4.08. The molecule has 0 aromatic rings. The van der Waals surface area contributed by atoms with E-state index < -0.39 is 0 Å². The first-order valence-electron chi connectivity index (χ1n) is 6.71. The topological polar surface area (TPSA) is 49.4 Å². The van der Waals surface area contributed by atoms with Crippen molar-refractivity contribution in [2.75, 3.05) is 19.6 Å². The Morgan fingerprint density at radius 3 is 2.29 bits per heavy atom. The molecule has 2 amide bonds. The van der Waals surface area contributed by atoms with Crippen LogP contribution in [-0.2, 0) is 9.59 Å². The molecule has 0 radical (unpaired) electrons. The van der Waals surface area contributed by atoms with Crippen LogP contribution in [0.5, 0.6) is 0 Å². The van der Waals surface area contributed by atoms with Gasteiger partial charge in [0.25, 0.3) is 0 Å². The van der Waals surface area contributed by atoms with Crippen molar-refractivity contribution in [1.29, 1.82) is 0 Å². The maximum atomic E-state index is 12.0. The normalized spacial score (nSPS) is 23.7. The molecule has 1 saturated carbocycles. The van der Waals surface area contributed by atoms with Gasteiger partial charge in [-0.15, -0.1) is 0 Å². The van der Waals surface area contributed by atoms with Crippen LogP contribution >= 0.6 is 0 Å². The van der Waals surface area contributed by atoms with Crippen LogP contribution in [0.2, 0.25) is 0 Å². The number of nitrogens with zero attached hydrogens (tertiary/aromatic N) is 1. The summed E-state index contributed by atoms with van der Waals surface area (Å²) >= 11 is 0. The molecule has 0 atom stereocenters. The van der Waals surface area contributed by atoms with Crippen molar-refractivity contribution in [1.82, 2.24) is 10.2 Å². The summed E-state index contributed by atoms with van der Waals surface area (Å²) in [7, 11) is 0. The Balaban J connectivity index is 1.94. The van der Waals surface area contributed by atoms with Crippen LogP contribution < -0.4 is 5.32 Å². The van der Waals surface area contributed by atoms with Gasteiger partial charge in [-0.25, -0.2) is 0 Å². The standard InChI is InChI=1S/C13H22N2O2/c1-2-14-7-8-15-11(16)9-13(10-12(15)17)5-3-4-6-13/h14H,2-10H2,1H3. The lowest BCUT2D eigenvalue weighted by Gasteiger charge is -2.37. The Hall–Kier alpha value is -0.900. The fourth-order valence-corrected chi connectivity index (χ4v) is 3.13. The van der Waals surface area contributed by atoms with E-state index in [0.29, 0.717) is 25.9 Å². The van der Waals surface area contributed by atoms with Crippen molar-refractivity contribution in [3.05, 3.63) is 0 Å². The SMILES string of the molecule is CCNCCN1C(=O)CC2(CCCC2)CC1=O. The second kappa shape index (κ2) is 5.17. The number of hydrogen-bond acceptors (Lipinski definition) is 3. The summed E-state index contributed by atoms with van der Waals surface area (Å²) in [5.41, 5.74) is 0.0306. The van der Waals surface area contributed by atoms with E-state index in [4.69, 9.17) is 0 Å². The minimum atomic E-state index is 0.0306. The van der Waals surface area contributed by atoms with Gasteiger partial charge < -0.3 is 5.32 Å². The highest BCUT2D eigenvalue weighted by Crippen LogP contribution is 2.46. The van der Waals surface area contributed by atoms with Crippen molar-refractivity contribution >= 4 is 11.8 Å². The Labute approximate surface area is 103 Å². The van der Waals surface area contributed by atoms with E-state index in [-0.39, 0.29) is 17.2 Å². The summed E-state index contributed by atoms with van der Waals surface area (Å²) in [6.45, 7) is 4.14. The number of carbonyl (C=O) groups excluding carboxylic acids is 2. The van der Waals surface area contributed by atoms with Crippen molar-refractivity contribution in [3.8, 4) is 0 Å². The van der Waals surface area contributed by atoms with E-state index in [1.165, 1.54) is 17.7 Å². The highest BCUT2D eigenvalue weighted by atomic mass is 16.2. The number of hydrogen-bond donors (Lipinski definition) is 1. The molecule has 0 bridgehead atoms. The smallest absolute Gasteiger partial charge is 0.229 e. The van der Waals surface area contributed by atoms with E-state index in [9.17, 15) is 9.59 Å². The van der Waals surface area contributed by atoms with Crippen molar-refractivity contribution in [2.24, 2.45) is 5.41 Å². The van der Waals surface area contributed by atoms with Crippen LogP contribution in [0.3, 0.4) is 0 Å². The van der Waals surface area contributed by atoms with Gasteiger partial charge in [0.1, 0.15) is 0 Å². The fourth-order valence-electron chi connectivity index (χ4n) is 3.13. The minimum absolute atomic E-state index is 0.0306. The van der Waals surface area contributed by atoms with Gasteiger partial charge in [0, 0.05) is 25.9 Å². The van der Waals surface area contributed by atoms with E-state index in [1.54, 1.807) is 0 Å². The highest BCUT2D eigenvalue weighted by molar-refractivity contribution is 5.98. The second-order valence-electron chi connectivity index (χ2n) is 5.35. The maximum absolute atomic E-state index is 12.0. The van der Waals surface area contributed by atoms with Crippen LogP contribution in [0.15, 0.2) is 0 Å². The van der Waals surface area contributed by atoms with Gasteiger partial charge in [0.05, 0.1) is 0 Å². The molecular formula is C13H22N2O2. The van der Waals surface area contributed by atoms with Gasteiger partial charge >= 0.3 is 0 Å². The third kappa shape index (κ3) is 2.68. The average Bonchev–Trinajstić information content (AvgIpc) is 2.70. The molecule has 96 valence electrons. The van der Waals surface area contributed by atoms with Gasteiger partial charge in [-0.1, -0.05) is 19.8 Å². The molecule has 4 nitrogen and oxygen atoms in total.